The number of ether oxygens (including phenoxy) is 1. The lowest BCUT2D eigenvalue weighted by Crippen LogP contribution is -2.49. The quantitative estimate of drug-likeness (QED) is 0.158. The Balaban J connectivity index is 1.50. The molecule has 0 aliphatic heterocycles. The first-order valence-electron chi connectivity index (χ1n) is 11.8. The Morgan fingerprint density at radius 2 is 1.85 bits per heavy atom. The molecule has 0 bridgehead atoms. The van der Waals surface area contributed by atoms with E-state index in [1.807, 2.05) is 30.3 Å². The summed E-state index contributed by atoms with van der Waals surface area (Å²) < 4.78 is 11.1. The van der Waals surface area contributed by atoms with Crippen molar-refractivity contribution in [1.82, 2.24) is 25.7 Å². The van der Waals surface area contributed by atoms with Gasteiger partial charge >= 0.3 is 0 Å². The third-order valence-corrected chi connectivity index (χ3v) is 5.68. The molecule has 2 aromatic heterocycles. The number of carbonyl (C=O) groups excluding carboxylic acids is 2. The molecule has 13 nitrogen and oxygen atoms in total. The van der Waals surface area contributed by atoms with E-state index in [-0.39, 0.29) is 34.9 Å². The van der Waals surface area contributed by atoms with E-state index >= 15 is 0 Å². The fraction of sp³-hybridized carbons (Fsp3) is 0.200. The summed E-state index contributed by atoms with van der Waals surface area (Å²) in [5.74, 6) is -3.41. The molecule has 1 aliphatic rings. The number of aromatic nitrogens is 4. The number of hydrogen-bond acceptors (Lipinski definition) is 11. The van der Waals surface area contributed by atoms with Crippen molar-refractivity contribution < 1.29 is 29.1 Å². The van der Waals surface area contributed by atoms with Crippen molar-refractivity contribution in [3.8, 4) is 28.6 Å². The molecule has 2 amide bonds. The maximum absolute atomic E-state index is 12.7. The second-order valence-corrected chi connectivity index (χ2v) is 8.74. The molecule has 14 heteroatoms. The van der Waals surface area contributed by atoms with Crippen LogP contribution in [-0.2, 0) is 4.79 Å². The second-order valence-electron chi connectivity index (χ2n) is 8.74. The van der Waals surface area contributed by atoms with Gasteiger partial charge in [-0.05, 0) is 25.0 Å². The number of aliphatic hydroxyl groups is 2. The van der Waals surface area contributed by atoms with Gasteiger partial charge in [-0.2, -0.15) is 4.98 Å². The largest absolute Gasteiger partial charge is 0.494 e. The van der Waals surface area contributed by atoms with Crippen LogP contribution in [0.25, 0.3) is 22.8 Å². The van der Waals surface area contributed by atoms with Gasteiger partial charge in [-0.1, -0.05) is 41.6 Å². The minimum absolute atomic E-state index is 0.0591. The molecular formula is C25H22BN7O6. The van der Waals surface area contributed by atoms with E-state index in [1.54, 1.807) is 23.5 Å². The molecular weight excluding hydrogens is 505 g/mol. The maximum atomic E-state index is 12.7. The monoisotopic (exact) mass is 527 g/mol. The van der Waals surface area contributed by atoms with Gasteiger partial charge in [0.25, 0.3) is 11.8 Å². The molecule has 0 unspecified atom stereocenters. The molecule has 2 radical (unpaired) electrons. The topological polar surface area (TPSA) is 185 Å². The fourth-order valence-electron chi connectivity index (χ4n) is 3.72. The van der Waals surface area contributed by atoms with Gasteiger partial charge in [-0.3, -0.25) is 9.59 Å². The van der Waals surface area contributed by atoms with Crippen LogP contribution in [0.2, 0.25) is 0 Å². The summed E-state index contributed by atoms with van der Waals surface area (Å²) in [5.41, 5.74) is 1.31. The summed E-state index contributed by atoms with van der Waals surface area (Å²) >= 11 is 0. The van der Waals surface area contributed by atoms with Crippen LogP contribution < -0.4 is 20.7 Å². The number of benzene rings is 2. The third-order valence-electron chi connectivity index (χ3n) is 5.68. The van der Waals surface area contributed by atoms with E-state index < -0.39 is 11.7 Å². The molecule has 0 saturated heterocycles. The van der Waals surface area contributed by atoms with Gasteiger partial charge in [-0.25, -0.2) is 0 Å². The van der Waals surface area contributed by atoms with Gasteiger partial charge < -0.3 is 35.4 Å². The maximum Gasteiger partial charge on any atom is 0.277 e. The van der Waals surface area contributed by atoms with Gasteiger partial charge in [0.2, 0.25) is 11.7 Å². The Hall–Kier alpha value is -4.82. The minimum atomic E-state index is -3.00. The lowest BCUT2D eigenvalue weighted by Gasteiger charge is -2.20. The first-order chi connectivity index (χ1) is 18.7. The van der Waals surface area contributed by atoms with Crippen LogP contribution in [0.5, 0.6) is 5.75 Å². The van der Waals surface area contributed by atoms with Crippen LogP contribution >= 0.6 is 0 Å². The molecule has 4 aromatic rings. The molecule has 2 aromatic carbocycles. The zero-order valence-electron chi connectivity index (χ0n) is 20.6. The smallest absolute Gasteiger partial charge is 0.277 e. The Labute approximate surface area is 223 Å². The predicted molar refractivity (Wildman–Crippen MR) is 139 cm³/mol. The number of rotatable bonds is 9. The van der Waals surface area contributed by atoms with E-state index in [2.05, 4.69) is 31.0 Å². The van der Waals surface area contributed by atoms with Gasteiger partial charge in [0.15, 0.2) is 30.9 Å². The van der Waals surface area contributed by atoms with E-state index in [4.69, 9.17) is 17.1 Å². The highest BCUT2D eigenvalue weighted by Gasteiger charge is 2.30. The Morgan fingerprint density at radius 1 is 1.08 bits per heavy atom. The highest BCUT2D eigenvalue weighted by atomic mass is 16.5. The molecule has 196 valence electrons. The minimum Gasteiger partial charge on any atom is -0.494 e. The van der Waals surface area contributed by atoms with Crippen molar-refractivity contribution in [1.29, 1.82) is 0 Å². The number of carbonyl (C=O) groups is 2. The van der Waals surface area contributed by atoms with Gasteiger partial charge in [0, 0.05) is 17.5 Å². The van der Waals surface area contributed by atoms with Crippen molar-refractivity contribution in [2.45, 2.75) is 18.7 Å². The lowest BCUT2D eigenvalue weighted by atomic mass is 10.0. The van der Waals surface area contributed by atoms with Crippen molar-refractivity contribution in [3.63, 3.8) is 0 Å². The van der Waals surface area contributed by atoms with Gasteiger partial charge in [0.05, 0.1) is 24.0 Å². The molecule has 0 atom stereocenters. The number of nitrogens with zero attached hydrogens (tertiary/aromatic N) is 4. The van der Waals surface area contributed by atoms with Crippen LogP contribution in [0, 0.1) is 5.92 Å². The Kier molecular flexibility index (Phi) is 6.96. The number of hydrogen-bond donors (Lipinski definition) is 5. The summed E-state index contributed by atoms with van der Waals surface area (Å²) in [4.78, 5) is 29.4. The highest BCUT2D eigenvalue weighted by Crippen LogP contribution is 2.38. The summed E-state index contributed by atoms with van der Waals surface area (Å²) in [7, 11) is 6.54. The van der Waals surface area contributed by atoms with Crippen LogP contribution in [0.3, 0.4) is 0 Å². The molecule has 1 fully saturated rings. The first kappa shape index (κ1) is 25.8. The van der Waals surface area contributed by atoms with Crippen molar-refractivity contribution >= 4 is 36.9 Å². The van der Waals surface area contributed by atoms with E-state index in [0.29, 0.717) is 22.8 Å². The second kappa shape index (κ2) is 10.5. The zero-order chi connectivity index (χ0) is 27.6. The normalized spacial score (nSPS) is 13.0. The standard InChI is InChI=1S/C25H22BN7O6/c1-38-20-15(24-29-21(33-39-24)13-6-3-2-4-7-13)8-5-9-16(20)27-17-12-18(28-22(34)14-10-11-14)31-32-19(17)23(35)30-25(26,36)37/h2-9,12,14,36-37H,10-11H2,1H3,(H,30,35)(H2,27,28,31,34). The van der Waals surface area contributed by atoms with Crippen molar-refractivity contribution in [2.24, 2.45) is 5.92 Å². The summed E-state index contributed by atoms with van der Waals surface area (Å²) in [6, 6.07) is 15.7. The number of amides is 2. The van der Waals surface area contributed by atoms with E-state index in [0.717, 1.165) is 18.4 Å². The summed E-state index contributed by atoms with van der Waals surface area (Å²) in [6.45, 7) is 0. The lowest BCUT2D eigenvalue weighted by molar-refractivity contribution is -0.117. The predicted octanol–water partition coefficient (Wildman–Crippen LogP) is 1.79. The molecule has 0 spiro atoms. The number of nitrogens with one attached hydrogen (secondary N) is 3. The number of para-hydroxylation sites is 1. The average molecular weight is 527 g/mol. The van der Waals surface area contributed by atoms with Crippen LogP contribution in [0.15, 0.2) is 59.1 Å². The molecule has 1 saturated carbocycles. The van der Waals surface area contributed by atoms with E-state index in [9.17, 15) is 19.8 Å². The third kappa shape index (κ3) is 6.03. The highest BCUT2D eigenvalue weighted by molar-refractivity contribution is 6.15. The zero-order valence-corrected chi connectivity index (χ0v) is 20.6. The fourth-order valence-corrected chi connectivity index (χ4v) is 3.72. The molecule has 2 heterocycles. The van der Waals surface area contributed by atoms with Crippen molar-refractivity contribution in [3.05, 3.63) is 60.3 Å². The van der Waals surface area contributed by atoms with Gasteiger partial charge in [0.1, 0.15) is 0 Å². The SMILES string of the molecule is [B]C(O)(O)NC(=O)c1nnc(NC(=O)C2CC2)cc1Nc1cccc(-c2nc(-c3ccccc3)no2)c1OC. The van der Waals surface area contributed by atoms with Crippen LogP contribution in [0.1, 0.15) is 23.3 Å². The van der Waals surface area contributed by atoms with Crippen LogP contribution in [-0.4, -0.2) is 63.1 Å². The van der Waals surface area contributed by atoms with E-state index in [1.165, 1.54) is 13.2 Å². The Morgan fingerprint density at radius 3 is 2.54 bits per heavy atom. The number of anilines is 3. The Bertz CT molecular complexity index is 1520. The summed E-state index contributed by atoms with van der Waals surface area (Å²) in [5, 5.41) is 38.1. The summed E-state index contributed by atoms with van der Waals surface area (Å²) in [6.07, 6.45) is 1.56. The molecule has 1 aliphatic carbocycles. The van der Waals surface area contributed by atoms with Crippen LogP contribution in [0.4, 0.5) is 17.2 Å². The first-order valence-corrected chi connectivity index (χ1v) is 11.8. The molecule has 5 rings (SSSR count). The molecule has 5 N–H and O–H groups in total. The molecule has 39 heavy (non-hydrogen) atoms. The van der Waals surface area contributed by atoms with Crippen molar-refractivity contribution in [2.75, 3.05) is 17.7 Å². The number of methoxy groups -OCH3 is 1. The average Bonchev–Trinajstić information content (AvgIpc) is 3.65. The van der Waals surface area contributed by atoms with Gasteiger partial charge in [-0.15, -0.1) is 10.2 Å².